The maximum atomic E-state index is 5.65. The molecule has 1 aliphatic rings. The molecule has 0 saturated heterocycles. The molecule has 16 heavy (non-hydrogen) atoms. The highest BCUT2D eigenvalue weighted by molar-refractivity contribution is 7.10. The maximum Gasteiger partial charge on any atom is 0.0105 e. The molecule has 1 aromatic rings. The molecule has 0 spiro atoms. The molecule has 2 N–H and O–H groups in total. The fourth-order valence-corrected chi connectivity index (χ4v) is 3.66. The van der Waals surface area contributed by atoms with Gasteiger partial charge in [0.1, 0.15) is 0 Å². The standard InChI is InChI=1S/C13H22N2S/c1-2-15(8-7-14)10-11-4-3-5-13-12(11)6-9-16-13/h6,9,11H,2-5,7-8,10,14H2,1H3. The zero-order valence-electron chi connectivity index (χ0n) is 10.1. The summed E-state index contributed by atoms with van der Waals surface area (Å²) >= 11 is 1.93. The number of nitrogens with zero attached hydrogens (tertiary/aromatic N) is 1. The third-order valence-electron chi connectivity index (χ3n) is 3.55. The highest BCUT2D eigenvalue weighted by Crippen LogP contribution is 2.35. The first kappa shape index (κ1) is 12.1. The van der Waals surface area contributed by atoms with Gasteiger partial charge in [0.25, 0.3) is 0 Å². The minimum Gasteiger partial charge on any atom is -0.329 e. The van der Waals surface area contributed by atoms with Crippen LogP contribution < -0.4 is 5.73 Å². The molecular weight excluding hydrogens is 216 g/mol. The fraction of sp³-hybridized carbons (Fsp3) is 0.692. The lowest BCUT2D eigenvalue weighted by Gasteiger charge is -2.29. The van der Waals surface area contributed by atoms with E-state index in [0.717, 1.165) is 25.6 Å². The van der Waals surface area contributed by atoms with Crippen molar-refractivity contribution in [3.63, 3.8) is 0 Å². The summed E-state index contributed by atoms with van der Waals surface area (Å²) in [5.74, 6) is 0.751. The van der Waals surface area contributed by atoms with Crippen LogP contribution in [0.3, 0.4) is 0 Å². The topological polar surface area (TPSA) is 29.3 Å². The van der Waals surface area contributed by atoms with E-state index < -0.39 is 0 Å². The molecule has 0 aromatic carbocycles. The summed E-state index contributed by atoms with van der Waals surface area (Å²) in [6.45, 7) is 6.35. The average molecular weight is 238 g/mol. The first-order valence-electron chi connectivity index (χ1n) is 6.33. The Morgan fingerprint density at radius 3 is 3.19 bits per heavy atom. The zero-order valence-corrected chi connectivity index (χ0v) is 10.9. The number of hydrogen-bond acceptors (Lipinski definition) is 3. The van der Waals surface area contributed by atoms with Gasteiger partial charge in [-0.2, -0.15) is 0 Å². The van der Waals surface area contributed by atoms with Crippen molar-refractivity contribution in [2.24, 2.45) is 5.73 Å². The molecule has 1 atom stereocenters. The van der Waals surface area contributed by atoms with Crippen molar-refractivity contribution < 1.29 is 0 Å². The van der Waals surface area contributed by atoms with E-state index in [0.29, 0.717) is 0 Å². The Morgan fingerprint density at radius 1 is 1.56 bits per heavy atom. The molecule has 2 nitrogen and oxygen atoms in total. The maximum absolute atomic E-state index is 5.65. The molecule has 3 heteroatoms. The van der Waals surface area contributed by atoms with E-state index in [4.69, 9.17) is 5.73 Å². The highest BCUT2D eigenvalue weighted by atomic mass is 32.1. The van der Waals surface area contributed by atoms with Crippen LogP contribution in [0.1, 0.15) is 36.1 Å². The lowest BCUT2D eigenvalue weighted by atomic mass is 9.87. The number of thiophene rings is 1. The van der Waals surface area contributed by atoms with Crippen LogP contribution in [0, 0.1) is 0 Å². The van der Waals surface area contributed by atoms with Crippen molar-refractivity contribution in [2.45, 2.75) is 32.1 Å². The molecule has 0 aliphatic heterocycles. The Morgan fingerprint density at radius 2 is 2.44 bits per heavy atom. The monoisotopic (exact) mass is 238 g/mol. The molecule has 1 unspecified atom stereocenters. The minimum absolute atomic E-state index is 0.751. The first-order chi connectivity index (χ1) is 7.85. The number of likely N-dealkylation sites (N-methyl/N-ethyl adjacent to an activating group) is 1. The van der Waals surface area contributed by atoms with Gasteiger partial charge in [-0.15, -0.1) is 11.3 Å². The van der Waals surface area contributed by atoms with Gasteiger partial charge in [-0.3, -0.25) is 0 Å². The number of aryl methyl sites for hydroxylation is 1. The summed E-state index contributed by atoms with van der Waals surface area (Å²) in [4.78, 5) is 4.11. The van der Waals surface area contributed by atoms with Crippen LogP contribution in [0.15, 0.2) is 11.4 Å². The van der Waals surface area contributed by atoms with Gasteiger partial charge < -0.3 is 10.6 Å². The van der Waals surface area contributed by atoms with E-state index >= 15 is 0 Å². The van der Waals surface area contributed by atoms with E-state index in [1.807, 2.05) is 11.3 Å². The fourth-order valence-electron chi connectivity index (χ4n) is 2.64. The quantitative estimate of drug-likeness (QED) is 0.854. The lowest BCUT2D eigenvalue weighted by molar-refractivity contribution is 0.267. The Labute approximate surface area is 102 Å². The molecule has 1 aromatic heterocycles. The van der Waals surface area contributed by atoms with Crippen LogP contribution in [0.4, 0.5) is 0 Å². The molecule has 2 rings (SSSR count). The van der Waals surface area contributed by atoms with Gasteiger partial charge >= 0.3 is 0 Å². The molecule has 1 aliphatic carbocycles. The summed E-state index contributed by atoms with van der Waals surface area (Å²) in [7, 11) is 0. The highest BCUT2D eigenvalue weighted by Gasteiger charge is 2.22. The summed E-state index contributed by atoms with van der Waals surface area (Å²) in [5, 5.41) is 2.25. The van der Waals surface area contributed by atoms with E-state index in [-0.39, 0.29) is 0 Å². The summed E-state index contributed by atoms with van der Waals surface area (Å²) < 4.78 is 0. The third kappa shape index (κ3) is 2.65. The SMILES string of the molecule is CCN(CCN)CC1CCCc2sccc21. The Kier molecular flexibility index (Phi) is 4.38. The van der Waals surface area contributed by atoms with Gasteiger partial charge in [-0.1, -0.05) is 6.92 Å². The van der Waals surface area contributed by atoms with E-state index in [9.17, 15) is 0 Å². The molecule has 0 saturated carbocycles. The second-order valence-corrected chi connectivity index (χ2v) is 5.57. The summed E-state index contributed by atoms with van der Waals surface area (Å²) in [6, 6.07) is 2.33. The predicted octanol–water partition coefficient (Wildman–Crippen LogP) is 2.45. The van der Waals surface area contributed by atoms with Gasteiger partial charge in [0.05, 0.1) is 0 Å². The third-order valence-corrected chi connectivity index (χ3v) is 4.54. The van der Waals surface area contributed by atoms with Gasteiger partial charge in [-0.05, 0) is 48.7 Å². The van der Waals surface area contributed by atoms with Crippen LogP contribution >= 0.6 is 11.3 Å². The molecule has 90 valence electrons. The van der Waals surface area contributed by atoms with Gasteiger partial charge in [0.2, 0.25) is 0 Å². The minimum atomic E-state index is 0.751. The normalized spacial score (nSPS) is 20.1. The largest absolute Gasteiger partial charge is 0.329 e. The van der Waals surface area contributed by atoms with Crippen LogP contribution in [-0.4, -0.2) is 31.1 Å². The summed E-state index contributed by atoms with van der Waals surface area (Å²) in [6.07, 6.45) is 4.01. The van der Waals surface area contributed by atoms with Crippen molar-refractivity contribution in [1.29, 1.82) is 0 Å². The zero-order chi connectivity index (χ0) is 11.4. The molecule has 0 radical (unpaired) electrons. The van der Waals surface area contributed by atoms with Crippen LogP contribution in [0.25, 0.3) is 0 Å². The van der Waals surface area contributed by atoms with Crippen molar-refractivity contribution in [3.05, 3.63) is 21.9 Å². The number of hydrogen-bond donors (Lipinski definition) is 1. The van der Waals surface area contributed by atoms with Gasteiger partial charge in [0.15, 0.2) is 0 Å². The summed E-state index contributed by atoms with van der Waals surface area (Å²) in [5.41, 5.74) is 7.26. The van der Waals surface area contributed by atoms with Gasteiger partial charge in [0, 0.05) is 24.5 Å². The second kappa shape index (κ2) is 5.80. The van der Waals surface area contributed by atoms with E-state index in [1.54, 1.807) is 10.4 Å². The van der Waals surface area contributed by atoms with Crippen molar-refractivity contribution >= 4 is 11.3 Å². The molecule has 1 heterocycles. The van der Waals surface area contributed by atoms with E-state index in [2.05, 4.69) is 23.3 Å². The average Bonchev–Trinajstić information content (AvgIpc) is 2.77. The van der Waals surface area contributed by atoms with E-state index in [1.165, 1.54) is 25.8 Å². The Balaban J connectivity index is 2.01. The first-order valence-corrected chi connectivity index (χ1v) is 7.21. The van der Waals surface area contributed by atoms with Crippen LogP contribution in [0.2, 0.25) is 0 Å². The number of nitrogens with two attached hydrogens (primary N) is 1. The molecule has 0 bridgehead atoms. The van der Waals surface area contributed by atoms with Gasteiger partial charge in [-0.25, -0.2) is 0 Å². The number of rotatable bonds is 5. The van der Waals surface area contributed by atoms with Crippen LogP contribution in [-0.2, 0) is 6.42 Å². The number of fused-ring (bicyclic) bond motifs is 1. The lowest BCUT2D eigenvalue weighted by Crippen LogP contribution is -2.33. The van der Waals surface area contributed by atoms with Crippen molar-refractivity contribution in [3.8, 4) is 0 Å². The molecule has 0 fully saturated rings. The molecular formula is C13H22N2S. The van der Waals surface area contributed by atoms with Crippen molar-refractivity contribution in [1.82, 2.24) is 4.90 Å². The second-order valence-electron chi connectivity index (χ2n) is 4.57. The van der Waals surface area contributed by atoms with Crippen molar-refractivity contribution in [2.75, 3.05) is 26.2 Å². The Bertz CT molecular complexity index is 321. The molecule has 0 amide bonds. The Hall–Kier alpha value is -0.380. The van der Waals surface area contributed by atoms with Crippen LogP contribution in [0.5, 0.6) is 0 Å². The predicted molar refractivity (Wildman–Crippen MR) is 71.2 cm³/mol. The smallest absolute Gasteiger partial charge is 0.0105 e.